The molecule has 0 amide bonds. The van der Waals surface area contributed by atoms with Crippen LogP contribution in [-0.2, 0) is 28.1 Å². The van der Waals surface area contributed by atoms with E-state index in [2.05, 4.69) is 81.4 Å². The Balaban J connectivity index is 3.93. The van der Waals surface area contributed by atoms with Gasteiger partial charge in [-0.25, -0.2) is 0 Å². The molecule has 0 saturated heterocycles. The Morgan fingerprint density at radius 2 is 1.24 bits per heavy atom. The van der Waals surface area contributed by atoms with E-state index in [0.717, 1.165) is 19.0 Å². The van der Waals surface area contributed by atoms with Gasteiger partial charge in [-0.2, -0.15) is 0 Å². The highest BCUT2D eigenvalue weighted by molar-refractivity contribution is 8.30. The van der Waals surface area contributed by atoms with Crippen LogP contribution in [0.5, 0.6) is 0 Å². The monoisotopic (exact) mass is 400 g/mol. The minimum atomic E-state index is -2.10. The maximum absolute atomic E-state index is 7.16. The zero-order valence-electron chi connectivity index (χ0n) is 18.0. The fourth-order valence-corrected chi connectivity index (χ4v) is 7.39. The third kappa shape index (κ3) is 5.82. The summed E-state index contributed by atoms with van der Waals surface area (Å²) in [5.41, 5.74) is 4.27. The second-order valence-electron chi connectivity index (χ2n) is 10.4. The first kappa shape index (κ1) is 23.2. The molecule has 1 atom stereocenters. The predicted octanol–water partition coefficient (Wildman–Crippen LogP) is 7.64. The standard InChI is InChI=1S/C22H38ClPS/c1-11-12-13-24(23,25)19-17(21(5,6)7)14-16(20(2,3)4)15-18(19)22(8,9)10/h14-15H,11-13H2,1-10H3. The Morgan fingerprint density at radius 3 is 1.52 bits per heavy atom. The quantitative estimate of drug-likeness (QED) is 0.468. The van der Waals surface area contributed by atoms with E-state index in [-0.39, 0.29) is 16.2 Å². The van der Waals surface area contributed by atoms with Crippen molar-refractivity contribution in [1.82, 2.24) is 0 Å². The van der Waals surface area contributed by atoms with Crippen LogP contribution in [0.25, 0.3) is 0 Å². The Morgan fingerprint density at radius 1 is 0.840 bits per heavy atom. The molecule has 0 heterocycles. The van der Waals surface area contributed by atoms with Crippen LogP contribution in [0.4, 0.5) is 0 Å². The Kier molecular flexibility index (Phi) is 7.10. The number of hydrogen-bond donors (Lipinski definition) is 0. The van der Waals surface area contributed by atoms with E-state index >= 15 is 0 Å². The lowest BCUT2D eigenvalue weighted by Crippen LogP contribution is -2.32. The zero-order valence-corrected chi connectivity index (χ0v) is 20.5. The molecule has 0 saturated carbocycles. The molecule has 0 aromatic heterocycles. The maximum Gasteiger partial charge on any atom is 0.0664 e. The average Bonchev–Trinajstić information content (AvgIpc) is 2.41. The van der Waals surface area contributed by atoms with E-state index in [0.29, 0.717) is 0 Å². The minimum absolute atomic E-state index is 0.0295. The molecule has 1 rings (SSSR count). The molecule has 0 radical (unpaired) electrons. The van der Waals surface area contributed by atoms with Crippen molar-refractivity contribution < 1.29 is 0 Å². The topological polar surface area (TPSA) is 0 Å². The lowest BCUT2D eigenvalue weighted by molar-refractivity contribution is 0.553. The first-order valence-corrected chi connectivity index (χ1v) is 13.4. The second kappa shape index (κ2) is 7.65. The second-order valence-corrected chi connectivity index (χ2v) is 16.8. The van der Waals surface area contributed by atoms with Crippen molar-refractivity contribution in [3.05, 3.63) is 28.8 Å². The lowest BCUT2D eigenvalue weighted by Gasteiger charge is -2.36. The molecule has 25 heavy (non-hydrogen) atoms. The molecular formula is C22H38ClPS. The zero-order chi connectivity index (χ0) is 19.8. The van der Waals surface area contributed by atoms with Gasteiger partial charge in [-0.05, 0) is 45.5 Å². The van der Waals surface area contributed by atoms with Gasteiger partial charge in [0.05, 0.1) is 5.39 Å². The van der Waals surface area contributed by atoms with Gasteiger partial charge in [-0.15, -0.1) is 0 Å². The highest BCUT2D eigenvalue weighted by Gasteiger charge is 2.34. The van der Waals surface area contributed by atoms with Crippen molar-refractivity contribution in [2.45, 2.75) is 98.3 Å². The van der Waals surface area contributed by atoms with Crippen molar-refractivity contribution in [2.75, 3.05) is 6.16 Å². The Labute approximate surface area is 166 Å². The third-order valence-electron chi connectivity index (χ3n) is 4.73. The molecule has 0 fully saturated rings. The molecule has 1 aromatic carbocycles. The van der Waals surface area contributed by atoms with Crippen LogP contribution in [0, 0.1) is 0 Å². The first-order chi connectivity index (χ1) is 11.0. The molecule has 1 unspecified atom stereocenters. The summed E-state index contributed by atoms with van der Waals surface area (Å²) in [7, 11) is 0. The highest BCUT2D eigenvalue weighted by Crippen LogP contribution is 2.55. The van der Waals surface area contributed by atoms with Crippen LogP contribution in [0.2, 0.25) is 0 Å². The molecule has 0 aliphatic heterocycles. The molecule has 0 aliphatic carbocycles. The predicted molar refractivity (Wildman–Crippen MR) is 122 cm³/mol. The SMILES string of the molecule is CCCCP(=S)(Cl)c1c(C(C)(C)C)cc(C(C)(C)C)cc1C(C)(C)C. The smallest absolute Gasteiger partial charge is 0.0664 e. The molecule has 0 spiro atoms. The molecule has 1 aromatic rings. The van der Waals surface area contributed by atoms with Crippen molar-refractivity contribution in [2.24, 2.45) is 0 Å². The Hall–Kier alpha value is 0.160. The number of benzene rings is 1. The number of unbranched alkanes of at least 4 members (excludes halogenated alkanes) is 1. The van der Waals surface area contributed by atoms with Crippen LogP contribution >= 0.6 is 16.6 Å². The minimum Gasteiger partial charge on any atom is -0.0806 e. The lowest BCUT2D eigenvalue weighted by atomic mass is 9.75. The van der Waals surface area contributed by atoms with Crippen LogP contribution in [0.1, 0.15) is 98.8 Å². The summed E-state index contributed by atoms with van der Waals surface area (Å²) >= 11 is 13.3. The molecule has 0 N–H and O–H groups in total. The van der Waals surface area contributed by atoms with Crippen LogP contribution < -0.4 is 5.30 Å². The first-order valence-electron chi connectivity index (χ1n) is 9.50. The van der Waals surface area contributed by atoms with Gasteiger partial charge in [0, 0.05) is 5.30 Å². The third-order valence-corrected chi connectivity index (χ3v) is 8.88. The fraction of sp³-hybridized carbons (Fsp3) is 0.727. The van der Waals surface area contributed by atoms with E-state index in [1.165, 1.54) is 22.0 Å². The molecule has 0 bridgehead atoms. The van der Waals surface area contributed by atoms with Crippen molar-refractivity contribution in [3.63, 3.8) is 0 Å². The van der Waals surface area contributed by atoms with E-state index in [4.69, 9.17) is 23.0 Å². The van der Waals surface area contributed by atoms with Gasteiger partial charge in [0.25, 0.3) is 0 Å². The fourth-order valence-electron chi connectivity index (χ4n) is 3.04. The number of rotatable bonds is 4. The van der Waals surface area contributed by atoms with Gasteiger partial charge in [0.15, 0.2) is 0 Å². The van der Waals surface area contributed by atoms with Crippen molar-refractivity contribution in [3.8, 4) is 0 Å². The average molecular weight is 401 g/mol. The summed E-state index contributed by atoms with van der Waals surface area (Å²) in [5.74, 6) is 0. The summed E-state index contributed by atoms with van der Waals surface area (Å²) in [5, 5.41) is -0.799. The number of hydrogen-bond acceptors (Lipinski definition) is 1. The molecule has 144 valence electrons. The van der Waals surface area contributed by atoms with E-state index < -0.39 is 5.39 Å². The van der Waals surface area contributed by atoms with Crippen LogP contribution in [0.15, 0.2) is 12.1 Å². The van der Waals surface area contributed by atoms with Gasteiger partial charge >= 0.3 is 0 Å². The van der Waals surface area contributed by atoms with E-state index in [1.807, 2.05) is 0 Å². The summed E-state index contributed by atoms with van der Waals surface area (Å²) in [6.45, 7) is 22.8. The summed E-state index contributed by atoms with van der Waals surface area (Å²) in [4.78, 5) is 0. The van der Waals surface area contributed by atoms with E-state index in [1.54, 1.807) is 0 Å². The van der Waals surface area contributed by atoms with Crippen LogP contribution in [0.3, 0.4) is 0 Å². The van der Waals surface area contributed by atoms with Crippen LogP contribution in [-0.4, -0.2) is 6.16 Å². The molecule has 3 heteroatoms. The molecular weight excluding hydrogens is 363 g/mol. The molecule has 0 nitrogen and oxygen atoms in total. The van der Waals surface area contributed by atoms with Gasteiger partial charge in [0.1, 0.15) is 0 Å². The summed E-state index contributed by atoms with van der Waals surface area (Å²) < 4.78 is 0. The summed E-state index contributed by atoms with van der Waals surface area (Å²) in [6, 6.07) is 4.78. The maximum atomic E-state index is 7.16. The Bertz CT molecular complexity index is 619. The largest absolute Gasteiger partial charge is 0.0806 e. The van der Waals surface area contributed by atoms with Gasteiger partial charge in [-0.1, -0.05) is 111 Å². The van der Waals surface area contributed by atoms with Gasteiger partial charge in [-0.3, -0.25) is 0 Å². The summed E-state index contributed by atoms with van der Waals surface area (Å²) in [6.07, 6.45) is 3.19. The highest BCUT2D eigenvalue weighted by atomic mass is 35.7. The van der Waals surface area contributed by atoms with Crippen molar-refractivity contribution in [1.29, 1.82) is 0 Å². The van der Waals surface area contributed by atoms with Gasteiger partial charge in [0.2, 0.25) is 0 Å². The van der Waals surface area contributed by atoms with Gasteiger partial charge < -0.3 is 0 Å². The van der Waals surface area contributed by atoms with E-state index in [9.17, 15) is 0 Å². The van der Waals surface area contributed by atoms with Crippen molar-refractivity contribution >= 4 is 33.7 Å². The molecule has 0 aliphatic rings. The number of halogens is 1. The normalized spacial score (nSPS) is 16.0.